The fourth-order valence-corrected chi connectivity index (χ4v) is 3.69. The van der Waals surface area contributed by atoms with Crippen LogP contribution in [0.5, 0.6) is 5.88 Å². The summed E-state index contributed by atoms with van der Waals surface area (Å²) in [6.07, 6.45) is 4.31. The number of carbonyl (C=O) groups excluding carboxylic acids is 2. The van der Waals surface area contributed by atoms with Crippen molar-refractivity contribution in [2.45, 2.75) is 26.0 Å². The Morgan fingerprint density at radius 3 is 2.90 bits per heavy atom. The Bertz CT molecular complexity index is 911. The van der Waals surface area contributed by atoms with Gasteiger partial charge in [0.15, 0.2) is 0 Å². The van der Waals surface area contributed by atoms with Crippen molar-refractivity contribution < 1.29 is 19.4 Å². The van der Waals surface area contributed by atoms with Crippen molar-refractivity contribution >= 4 is 27.7 Å². The molecule has 2 aromatic heterocycles. The van der Waals surface area contributed by atoms with Gasteiger partial charge >= 0.3 is 0 Å². The van der Waals surface area contributed by atoms with E-state index in [0.717, 1.165) is 0 Å². The SMILES string of the molecule is C[C@H]1CN([C@@H](C)CO)C(=O)c2cc(Br)cnc2O[C@@H]1CN(C)C(=O)c1cccnc1. The number of halogens is 1. The first kappa shape index (κ1) is 22.2. The van der Waals surface area contributed by atoms with Crippen LogP contribution in [-0.2, 0) is 0 Å². The van der Waals surface area contributed by atoms with Crippen molar-refractivity contribution in [2.24, 2.45) is 5.92 Å². The minimum Gasteiger partial charge on any atom is -0.472 e. The molecule has 1 aliphatic heterocycles. The second-order valence-electron chi connectivity index (χ2n) is 7.56. The third-order valence-corrected chi connectivity index (χ3v) is 5.63. The van der Waals surface area contributed by atoms with Gasteiger partial charge in [-0.05, 0) is 41.1 Å². The predicted molar refractivity (Wildman–Crippen MR) is 114 cm³/mol. The molecule has 2 amide bonds. The first-order valence-electron chi connectivity index (χ1n) is 9.71. The van der Waals surface area contributed by atoms with Crippen LogP contribution in [0.1, 0.15) is 34.6 Å². The molecule has 3 atom stereocenters. The zero-order valence-corrected chi connectivity index (χ0v) is 18.7. The third kappa shape index (κ3) is 4.79. The van der Waals surface area contributed by atoms with Crippen LogP contribution < -0.4 is 4.74 Å². The van der Waals surface area contributed by atoms with Crippen LogP contribution in [-0.4, -0.2) is 75.6 Å². The molecule has 1 N–H and O–H groups in total. The molecule has 9 heteroatoms. The normalized spacial score (nSPS) is 19.9. The smallest absolute Gasteiger partial charge is 0.259 e. The molecule has 0 aromatic carbocycles. The average molecular weight is 477 g/mol. The van der Waals surface area contributed by atoms with Crippen molar-refractivity contribution in [1.82, 2.24) is 19.8 Å². The van der Waals surface area contributed by atoms with E-state index in [4.69, 9.17) is 4.74 Å². The van der Waals surface area contributed by atoms with Crippen molar-refractivity contribution in [2.75, 3.05) is 26.7 Å². The molecule has 30 heavy (non-hydrogen) atoms. The Kier molecular flexibility index (Phi) is 7.04. The molecule has 3 heterocycles. The molecule has 0 aliphatic carbocycles. The summed E-state index contributed by atoms with van der Waals surface area (Å²) < 4.78 is 6.80. The Hall–Kier alpha value is -2.52. The zero-order valence-electron chi connectivity index (χ0n) is 17.2. The summed E-state index contributed by atoms with van der Waals surface area (Å²) in [5.41, 5.74) is 0.814. The lowest BCUT2D eigenvalue weighted by Crippen LogP contribution is -2.50. The van der Waals surface area contributed by atoms with Gasteiger partial charge < -0.3 is 19.6 Å². The fourth-order valence-electron chi connectivity index (χ4n) is 3.36. The summed E-state index contributed by atoms with van der Waals surface area (Å²) in [6, 6.07) is 4.74. The van der Waals surface area contributed by atoms with E-state index in [9.17, 15) is 14.7 Å². The molecule has 0 fully saturated rings. The number of aliphatic hydroxyl groups is 1. The lowest BCUT2D eigenvalue weighted by atomic mass is 10.00. The Morgan fingerprint density at radius 1 is 1.47 bits per heavy atom. The molecule has 0 spiro atoms. The molecule has 0 saturated heterocycles. The number of aliphatic hydroxyl groups excluding tert-OH is 1. The van der Waals surface area contributed by atoms with E-state index in [2.05, 4.69) is 25.9 Å². The molecule has 8 nitrogen and oxygen atoms in total. The number of aromatic nitrogens is 2. The maximum atomic E-state index is 13.1. The molecular formula is C21H25BrN4O4. The van der Waals surface area contributed by atoms with Crippen molar-refractivity contribution in [3.63, 3.8) is 0 Å². The zero-order chi connectivity index (χ0) is 21.8. The summed E-state index contributed by atoms with van der Waals surface area (Å²) in [5, 5.41) is 9.66. The number of hydrogen-bond donors (Lipinski definition) is 1. The minimum atomic E-state index is -0.399. The number of amides is 2. The molecule has 2 aromatic rings. The predicted octanol–water partition coefficient (Wildman–Crippen LogP) is 2.23. The second-order valence-corrected chi connectivity index (χ2v) is 8.47. The van der Waals surface area contributed by atoms with Crippen LogP contribution in [0.2, 0.25) is 0 Å². The highest BCUT2D eigenvalue weighted by Crippen LogP contribution is 2.28. The van der Waals surface area contributed by atoms with Crippen molar-refractivity contribution in [3.05, 3.63) is 52.4 Å². The number of ether oxygens (including phenoxy) is 1. The number of pyridine rings is 2. The standard InChI is InChI=1S/C21H25BrN4O4/c1-13-10-26(14(2)12-27)21(29)17-7-16(22)9-24-19(17)30-18(13)11-25(3)20(28)15-5-4-6-23-8-15/h4-9,13-14,18,27H,10-12H2,1-3H3/t13-,14-,18+/m0/s1. The number of rotatable bonds is 5. The number of likely N-dealkylation sites (N-methyl/N-ethyl adjacent to an activating group) is 1. The summed E-state index contributed by atoms with van der Waals surface area (Å²) in [6.45, 7) is 4.29. The van der Waals surface area contributed by atoms with Gasteiger partial charge in [0, 0.05) is 42.6 Å². The highest BCUT2D eigenvalue weighted by Gasteiger charge is 2.34. The molecule has 0 radical (unpaired) electrons. The highest BCUT2D eigenvalue weighted by atomic mass is 79.9. The molecule has 0 saturated carbocycles. The molecule has 160 valence electrons. The van der Waals surface area contributed by atoms with Gasteiger partial charge in [-0.2, -0.15) is 0 Å². The Morgan fingerprint density at radius 2 is 2.23 bits per heavy atom. The van der Waals surface area contributed by atoms with Gasteiger partial charge in [0.2, 0.25) is 5.88 Å². The monoisotopic (exact) mass is 476 g/mol. The van der Waals surface area contributed by atoms with Crippen LogP contribution in [0, 0.1) is 5.92 Å². The largest absolute Gasteiger partial charge is 0.472 e. The van der Waals surface area contributed by atoms with Gasteiger partial charge in [-0.15, -0.1) is 0 Å². The van der Waals surface area contributed by atoms with Gasteiger partial charge in [0.05, 0.1) is 24.8 Å². The second kappa shape index (κ2) is 9.53. The van der Waals surface area contributed by atoms with Gasteiger partial charge in [-0.3, -0.25) is 14.6 Å². The first-order valence-corrected chi connectivity index (χ1v) is 10.5. The lowest BCUT2D eigenvalue weighted by Gasteiger charge is -2.37. The van der Waals surface area contributed by atoms with Gasteiger partial charge in [0.25, 0.3) is 11.8 Å². The van der Waals surface area contributed by atoms with Crippen LogP contribution in [0.3, 0.4) is 0 Å². The summed E-state index contributed by atoms with van der Waals surface area (Å²) in [7, 11) is 1.71. The molecule has 3 rings (SSSR count). The van der Waals surface area contributed by atoms with Crippen LogP contribution >= 0.6 is 15.9 Å². The quantitative estimate of drug-likeness (QED) is 0.710. The molecule has 0 unspecified atom stereocenters. The first-order chi connectivity index (χ1) is 14.3. The van der Waals surface area contributed by atoms with E-state index < -0.39 is 6.10 Å². The van der Waals surface area contributed by atoms with E-state index in [-0.39, 0.29) is 36.3 Å². The highest BCUT2D eigenvalue weighted by molar-refractivity contribution is 9.10. The summed E-state index contributed by atoms with van der Waals surface area (Å²) in [4.78, 5) is 37.4. The van der Waals surface area contributed by atoms with Crippen LogP contribution in [0.15, 0.2) is 41.3 Å². The van der Waals surface area contributed by atoms with E-state index >= 15 is 0 Å². The Balaban J connectivity index is 1.90. The average Bonchev–Trinajstić information content (AvgIpc) is 2.76. The van der Waals surface area contributed by atoms with E-state index in [0.29, 0.717) is 28.7 Å². The van der Waals surface area contributed by atoms with Crippen molar-refractivity contribution in [1.29, 1.82) is 0 Å². The maximum absolute atomic E-state index is 13.1. The Labute approximate surface area is 184 Å². The third-order valence-electron chi connectivity index (χ3n) is 5.20. The fraction of sp³-hybridized carbons (Fsp3) is 0.429. The van der Waals surface area contributed by atoms with Crippen LogP contribution in [0.25, 0.3) is 0 Å². The lowest BCUT2D eigenvalue weighted by molar-refractivity contribution is 0.0313. The summed E-state index contributed by atoms with van der Waals surface area (Å²) >= 11 is 3.35. The van der Waals surface area contributed by atoms with Crippen LogP contribution in [0.4, 0.5) is 0 Å². The summed E-state index contributed by atoms with van der Waals surface area (Å²) in [5.74, 6) is -0.296. The van der Waals surface area contributed by atoms with Gasteiger partial charge in [-0.25, -0.2) is 4.98 Å². The molecular weight excluding hydrogens is 452 g/mol. The number of carbonyl (C=O) groups is 2. The molecule has 1 aliphatic rings. The van der Waals surface area contributed by atoms with E-state index in [1.807, 2.05) is 6.92 Å². The number of hydrogen-bond acceptors (Lipinski definition) is 6. The van der Waals surface area contributed by atoms with Gasteiger partial charge in [0.1, 0.15) is 11.7 Å². The van der Waals surface area contributed by atoms with E-state index in [1.54, 1.807) is 54.4 Å². The number of nitrogens with zero attached hydrogens (tertiary/aromatic N) is 4. The van der Waals surface area contributed by atoms with E-state index in [1.165, 1.54) is 6.20 Å². The van der Waals surface area contributed by atoms with Gasteiger partial charge in [-0.1, -0.05) is 6.92 Å². The molecule has 0 bridgehead atoms. The van der Waals surface area contributed by atoms with Crippen molar-refractivity contribution in [3.8, 4) is 5.88 Å². The topological polar surface area (TPSA) is 95.9 Å². The number of fused-ring (bicyclic) bond motifs is 1. The maximum Gasteiger partial charge on any atom is 0.259 e. The minimum absolute atomic E-state index is 0.106.